The molecule has 2 fully saturated rings. The largest absolute Gasteiger partial charge is 0.381 e. The van der Waals surface area contributed by atoms with E-state index in [1.807, 2.05) is 0 Å². The van der Waals surface area contributed by atoms with Crippen LogP contribution in [-0.4, -0.2) is 39.4 Å². The highest BCUT2D eigenvalue weighted by Crippen LogP contribution is 2.33. The maximum Gasteiger partial charge on any atom is 0.0468 e. The first-order valence-corrected chi connectivity index (χ1v) is 8.18. The van der Waals surface area contributed by atoms with Gasteiger partial charge in [0, 0.05) is 19.8 Å². The Bertz CT molecular complexity index is 243. The predicted molar refractivity (Wildman–Crippen MR) is 80.4 cm³/mol. The van der Waals surface area contributed by atoms with Crippen molar-refractivity contribution in [1.82, 2.24) is 10.6 Å². The molecule has 0 unspecified atom stereocenters. The van der Waals surface area contributed by atoms with Crippen molar-refractivity contribution < 1.29 is 4.74 Å². The molecule has 0 radical (unpaired) electrons. The van der Waals surface area contributed by atoms with Crippen molar-refractivity contribution in [3.05, 3.63) is 0 Å². The van der Waals surface area contributed by atoms with Gasteiger partial charge in [-0.15, -0.1) is 0 Å². The number of hydrogen-bond acceptors (Lipinski definition) is 3. The van der Waals surface area contributed by atoms with Crippen molar-refractivity contribution in [3.63, 3.8) is 0 Å². The lowest BCUT2D eigenvalue weighted by Gasteiger charge is -2.37. The van der Waals surface area contributed by atoms with E-state index in [1.165, 1.54) is 51.7 Å². The van der Waals surface area contributed by atoms with Crippen molar-refractivity contribution in [1.29, 1.82) is 0 Å². The third-order valence-corrected chi connectivity index (χ3v) is 5.10. The molecule has 19 heavy (non-hydrogen) atoms. The van der Waals surface area contributed by atoms with Crippen molar-refractivity contribution in [2.45, 2.75) is 46.0 Å². The molecule has 2 N–H and O–H groups in total. The first-order valence-electron chi connectivity index (χ1n) is 8.18. The van der Waals surface area contributed by atoms with Crippen molar-refractivity contribution in [2.24, 2.45) is 17.3 Å². The minimum absolute atomic E-state index is 0.415. The van der Waals surface area contributed by atoms with Crippen molar-refractivity contribution in [3.8, 4) is 0 Å². The fraction of sp³-hybridized carbons (Fsp3) is 1.00. The molecule has 0 amide bonds. The van der Waals surface area contributed by atoms with Gasteiger partial charge >= 0.3 is 0 Å². The zero-order valence-corrected chi connectivity index (χ0v) is 12.8. The van der Waals surface area contributed by atoms with Gasteiger partial charge in [0.05, 0.1) is 0 Å². The first kappa shape index (κ1) is 15.3. The van der Waals surface area contributed by atoms with Crippen molar-refractivity contribution in [2.75, 3.05) is 39.4 Å². The average molecular weight is 268 g/mol. The summed E-state index contributed by atoms with van der Waals surface area (Å²) in [6.07, 6.45) is 6.56. The highest BCUT2D eigenvalue weighted by atomic mass is 16.5. The molecule has 0 saturated carbocycles. The van der Waals surface area contributed by atoms with E-state index in [0.717, 1.165) is 31.6 Å². The van der Waals surface area contributed by atoms with Gasteiger partial charge in [-0.3, -0.25) is 0 Å². The van der Waals surface area contributed by atoms with Crippen LogP contribution < -0.4 is 10.6 Å². The summed E-state index contributed by atoms with van der Waals surface area (Å²) in [6, 6.07) is 0. The Kier molecular flexibility index (Phi) is 6.11. The van der Waals surface area contributed by atoms with Crippen LogP contribution >= 0.6 is 0 Å². The number of rotatable bonds is 6. The van der Waals surface area contributed by atoms with Crippen LogP contribution in [0, 0.1) is 17.3 Å². The molecule has 2 rings (SSSR count). The molecule has 2 heterocycles. The van der Waals surface area contributed by atoms with Gasteiger partial charge in [0.25, 0.3) is 0 Å². The Morgan fingerprint density at radius 2 is 1.79 bits per heavy atom. The van der Waals surface area contributed by atoms with Crippen molar-refractivity contribution >= 4 is 0 Å². The zero-order valence-electron chi connectivity index (χ0n) is 12.8. The lowest BCUT2D eigenvalue weighted by molar-refractivity contribution is 0.0228. The normalized spacial score (nSPS) is 23.7. The third-order valence-electron chi connectivity index (χ3n) is 5.10. The van der Waals surface area contributed by atoms with Crippen LogP contribution in [0.4, 0.5) is 0 Å². The van der Waals surface area contributed by atoms with Crippen LogP contribution in [-0.2, 0) is 4.74 Å². The van der Waals surface area contributed by atoms with Crippen LogP contribution in [0.3, 0.4) is 0 Å². The van der Waals surface area contributed by atoms with Crippen LogP contribution in [0.5, 0.6) is 0 Å². The molecule has 0 atom stereocenters. The van der Waals surface area contributed by atoms with Gasteiger partial charge in [0.1, 0.15) is 0 Å². The van der Waals surface area contributed by atoms with E-state index < -0.39 is 0 Å². The average Bonchev–Trinajstić information content (AvgIpc) is 2.46. The Morgan fingerprint density at radius 1 is 1.11 bits per heavy atom. The van der Waals surface area contributed by atoms with Crippen LogP contribution in [0.1, 0.15) is 46.0 Å². The number of ether oxygens (including phenoxy) is 1. The molecular formula is C16H32N2O. The van der Waals surface area contributed by atoms with E-state index in [-0.39, 0.29) is 0 Å². The summed E-state index contributed by atoms with van der Waals surface area (Å²) in [5.74, 6) is 1.77. The molecule has 0 spiro atoms. The van der Waals surface area contributed by atoms with Gasteiger partial charge < -0.3 is 15.4 Å². The molecule has 3 nitrogen and oxygen atoms in total. The van der Waals surface area contributed by atoms with E-state index in [4.69, 9.17) is 4.74 Å². The zero-order chi connectivity index (χ0) is 13.6. The highest BCUT2D eigenvalue weighted by Gasteiger charge is 2.30. The van der Waals surface area contributed by atoms with E-state index >= 15 is 0 Å². The van der Waals surface area contributed by atoms with E-state index in [2.05, 4.69) is 24.5 Å². The Balaban J connectivity index is 1.60. The Labute approximate surface area is 118 Å². The topological polar surface area (TPSA) is 33.3 Å². The predicted octanol–water partition coefficient (Wildman–Crippen LogP) is 2.42. The highest BCUT2D eigenvalue weighted by molar-refractivity contribution is 4.82. The quantitative estimate of drug-likeness (QED) is 0.726. The maximum absolute atomic E-state index is 5.47. The molecule has 0 bridgehead atoms. The second kappa shape index (κ2) is 7.61. The minimum Gasteiger partial charge on any atom is -0.381 e. The number of hydrogen-bond donors (Lipinski definition) is 2. The maximum atomic E-state index is 5.47. The molecule has 2 aliphatic heterocycles. The van der Waals surface area contributed by atoms with Gasteiger partial charge in [-0.2, -0.15) is 0 Å². The SMILES string of the molecule is CC(C)(CNCCC1CCNCC1)C1CCOCC1. The summed E-state index contributed by atoms with van der Waals surface area (Å²) in [5, 5.41) is 7.15. The molecule has 3 heteroatoms. The summed E-state index contributed by atoms with van der Waals surface area (Å²) < 4.78 is 5.47. The van der Waals surface area contributed by atoms with Crippen LogP contribution in [0.15, 0.2) is 0 Å². The smallest absolute Gasteiger partial charge is 0.0468 e. The molecule has 2 saturated heterocycles. The third kappa shape index (κ3) is 5.05. The minimum atomic E-state index is 0.415. The molecular weight excluding hydrogens is 236 g/mol. The molecule has 2 aliphatic rings. The summed E-state index contributed by atoms with van der Waals surface area (Å²) in [6.45, 7) is 11.5. The Morgan fingerprint density at radius 3 is 2.47 bits per heavy atom. The van der Waals surface area contributed by atoms with E-state index in [9.17, 15) is 0 Å². The van der Waals surface area contributed by atoms with Gasteiger partial charge in [0.15, 0.2) is 0 Å². The Hall–Kier alpha value is -0.120. The number of piperidine rings is 1. The van der Waals surface area contributed by atoms with Gasteiger partial charge in [-0.25, -0.2) is 0 Å². The monoisotopic (exact) mass is 268 g/mol. The summed E-state index contributed by atoms with van der Waals surface area (Å²) >= 11 is 0. The summed E-state index contributed by atoms with van der Waals surface area (Å²) in [4.78, 5) is 0. The molecule has 0 aromatic rings. The standard InChI is InChI=1S/C16H32N2O/c1-16(2,15-6-11-19-12-7-15)13-18-10-5-14-3-8-17-9-4-14/h14-15,17-18H,3-13H2,1-2H3. The molecule has 0 aromatic carbocycles. The van der Waals surface area contributed by atoms with E-state index in [0.29, 0.717) is 5.41 Å². The van der Waals surface area contributed by atoms with Crippen LogP contribution in [0.2, 0.25) is 0 Å². The van der Waals surface area contributed by atoms with Gasteiger partial charge in [-0.05, 0) is 69.0 Å². The lowest BCUT2D eigenvalue weighted by atomic mass is 9.74. The fourth-order valence-corrected chi connectivity index (χ4v) is 3.51. The lowest BCUT2D eigenvalue weighted by Crippen LogP contribution is -2.39. The summed E-state index contributed by atoms with van der Waals surface area (Å²) in [5.41, 5.74) is 0.415. The summed E-state index contributed by atoms with van der Waals surface area (Å²) in [7, 11) is 0. The van der Waals surface area contributed by atoms with Gasteiger partial charge in [-0.1, -0.05) is 13.8 Å². The number of nitrogens with one attached hydrogen (secondary N) is 2. The van der Waals surface area contributed by atoms with Crippen LogP contribution in [0.25, 0.3) is 0 Å². The van der Waals surface area contributed by atoms with Gasteiger partial charge in [0.2, 0.25) is 0 Å². The second-order valence-corrected chi connectivity index (χ2v) is 7.03. The second-order valence-electron chi connectivity index (χ2n) is 7.03. The van der Waals surface area contributed by atoms with E-state index in [1.54, 1.807) is 0 Å². The first-order chi connectivity index (χ1) is 9.18. The fourth-order valence-electron chi connectivity index (χ4n) is 3.51. The molecule has 0 aromatic heterocycles. The molecule has 112 valence electrons. The molecule has 0 aliphatic carbocycles.